The molecular formula is C18H29IN4S. The van der Waals surface area contributed by atoms with Gasteiger partial charge in [0.1, 0.15) is 0 Å². The van der Waals surface area contributed by atoms with Gasteiger partial charge in [-0.3, -0.25) is 0 Å². The van der Waals surface area contributed by atoms with Crippen molar-refractivity contribution in [2.45, 2.75) is 32.9 Å². The standard InChI is InChI=1S/C18H28N4S.HI/c1-3-19-18(21-17-12-14(17)2)20-13-15-4-6-16(7-5-15)22-8-10-23-11-9-22;/h4-7,14,17H,3,8-13H2,1-2H3,(H2,19,20,21);1H. The number of nitrogens with one attached hydrogen (secondary N) is 2. The smallest absolute Gasteiger partial charge is 0.191 e. The fraction of sp³-hybridized carbons (Fsp3) is 0.611. The van der Waals surface area contributed by atoms with Gasteiger partial charge in [-0.15, -0.1) is 24.0 Å². The maximum atomic E-state index is 4.72. The van der Waals surface area contributed by atoms with E-state index in [0.717, 1.165) is 38.1 Å². The molecule has 0 bridgehead atoms. The van der Waals surface area contributed by atoms with Crippen LogP contribution in [0.4, 0.5) is 5.69 Å². The van der Waals surface area contributed by atoms with E-state index < -0.39 is 0 Å². The van der Waals surface area contributed by atoms with Crippen molar-refractivity contribution in [2.24, 2.45) is 10.9 Å². The molecule has 1 saturated heterocycles. The molecule has 134 valence electrons. The fourth-order valence-electron chi connectivity index (χ4n) is 2.82. The fourth-order valence-corrected chi connectivity index (χ4v) is 3.73. The second kappa shape index (κ2) is 9.75. The zero-order valence-corrected chi connectivity index (χ0v) is 17.8. The number of guanidine groups is 1. The predicted octanol–water partition coefficient (Wildman–Crippen LogP) is 3.32. The van der Waals surface area contributed by atoms with Gasteiger partial charge in [0, 0.05) is 42.9 Å². The summed E-state index contributed by atoms with van der Waals surface area (Å²) in [6, 6.07) is 9.51. The molecule has 0 spiro atoms. The third kappa shape index (κ3) is 5.72. The Balaban J connectivity index is 0.00000208. The zero-order valence-electron chi connectivity index (χ0n) is 14.6. The molecule has 3 rings (SSSR count). The van der Waals surface area contributed by atoms with Crippen LogP contribution in [0.1, 0.15) is 25.8 Å². The average molecular weight is 460 g/mol. The molecule has 0 aromatic heterocycles. The van der Waals surface area contributed by atoms with Gasteiger partial charge in [-0.25, -0.2) is 4.99 Å². The molecule has 2 N–H and O–H groups in total. The monoisotopic (exact) mass is 460 g/mol. The van der Waals surface area contributed by atoms with Gasteiger partial charge in [-0.2, -0.15) is 11.8 Å². The topological polar surface area (TPSA) is 39.7 Å². The Morgan fingerprint density at radius 1 is 1.25 bits per heavy atom. The normalized spacial score (nSPS) is 23.4. The number of anilines is 1. The molecule has 0 radical (unpaired) electrons. The van der Waals surface area contributed by atoms with Gasteiger partial charge in [-0.05, 0) is 37.0 Å². The summed E-state index contributed by atoms with van der Waals surface area (Å²) in [5.41, 5.74) is 2.61. The summed E-state index contributed by atoms with van der Waals surface area (Å²) in [6.07, 6.45) is 1.26. The van der Waals surface area contributed by atoms with Gasteiger partial charge in [-0.1, -0.05) is 19.1 Å². The number of rotatable bonds is 5. The number of halogens is 1. The molecule has 1 aliphatic carbocycles. The lowest BCUT2D eigenvalue weighted by atomic mass is 10.2. The molecule has 1 saturated carbocycles. The minimum atomic E-state index is 0. The molecule has 4 nitrogen and oxygen atoms in total. The van der Waals surface area contributed by atoms with Crippen LogP contribution in [0.3, 0.4) is 0 Å². The lowest BCUT2D eigenvalue weighted by Gasteiger charge is -2.28. The highest BCUT2D eigenvalue weighted by atomic mass is 127. The van der Waals surface area contributed by atoms with Gasteiger partial charge in [0.25, 0.3) is 0 Å². The van der Waals surface area contributed by atoms with Crippen molar-refractivity contribution >= 4 is 47.4 Å². The summed E-state index contributed by atoms with van der Waals surface area (Å²) in [6.45, 7) is 8.34. The molecule has 24 heavy (non-hydrogen) atoms. The van der Waals surface area contributed by atoms with Crippen molar-refractivity contribution in [3.63, 3.8) is 0 Å². The Kier molecular flexibility index (Phi) is 8.00. The van der Waals surface area contributed by atoms with Crippen molar-refractivity contribution in [3.8, 4) is 0 Å². The number of nitrogens with zero attached hydrogens (tertiary/aromatic N) is 2. The van der Waals surface area contributed by atoms with E-state index in [1.165, 1.54) is 29.2 Å². The van der Waals surface area contributed by atoms with E-state index in [2.05, 4.69) is 53.6 Å². The summed E-state index contributed by atoms with van der Waals surface area (Å²) < 4.78 is 0. The maximum absolute atomic E-state index is 4.72. The second-order valence-electron chi connectivity index (χ2n) is 6.42. The van der Waals surface area contributed by atoms with Crippen LogP contribution in [0.25, 0.3) is 0 Å². The molecule has 1 aromatic carbocycles. The zero-order chi connectivity index (χ0) is 16.1. The molecule has 1 aromatic rings. The lowest BCUT2D eigenvalue weighted by molar-refractivity contribution is 0.766. The Morgan fingerprint density at radius 3 is 2.50 bits per heavy atom. The van der Waals surface area contributed by atoms with Crippen LogP contribution < -0.4 is 15.5 Å². The van der Waals surface area contributed by atoms with E-state index >= 15 is 0 Å². The highest BCUT2D eigenvalue weighted by molar-refractivity contribution is 14.0. The minimum absolute atomic E-state index is 0. The van der Waals surface area contributed by atoms with Crippen LogP contribution in [-0.2, 0) is 6.54 Å². The minimum Gasteiger partial charge on any atom is -0.370 e. The van der Waals surface area contributed by atoms with Crippen molar-refractivity contribution in [1.29, 1.82) is 0 Å². The van der Waals surface area contributed by atoms with Crippen molar-refractivity contribution < 1.29 is 0 Å². The van der Waals surface area contributed by atoms with Crippen LogP contribution in [0.2, 0.25) is 0 Å². The number of hydrogen-bond acceptors (Lipinski definition) is 3. The third-order valence-electron chi connectivity index (χ3n) is 4.51. The van der Waals surface area contributed by atoms with Gasteiger partial charge < -0.3 is 15.5 Å². The molecule has 0 amide bonds. The van der Waals surface area contributed by atoms with Gasteiger partial charge in [0.05, 0.1) is 6.54 Å². The molecule has 6 heteroatoms. The van der Waals surface area contributed by atoms with E-state index in [1.54, 1.807) is 0 Å². The number of benzene rings is 1. The highest BCUT2D eigenvalue weighted by Gasteiger charge is 2.33. The van der Waals surface area contributed by atoms with E-state index in [0.29, 0.717) is 6.04 Å². The molecular weight excluding hydrogens is 431 g/mol. The highest BCUT2D eigenvalue weighted by Crippen LogP contribution is 2.28. The third-order valence-corrected chi connectivity index (χ3v) is 5.45. The van der Waals surface area contributed by atoms with Crippen LogP contribution >= 0.6 is 35.7 Å². The lowest BCUT2D eigenvalue weighted by Crippen LogP contribution is -2.39. The maximum Gasteiger partial charge on any atom is 0.191 e. The molecule has 2 aliphatic rings. The number of thioether (sulfide) groups is 1. The summed E-state index contributed by atoms with van der Waals surface area (Å²) in [7, 11) is 0. The van der Waals surface area contributed by atoms with Crippen LogP contribution in [0.5, 0.6) is 0 Å². The van der Waals surface area contributed by atoms with Crippen molar-refractivity contribution in [2.75, 3.05) is 36.0 Å². The molecule has 1 aliphatic heterocycles. The average Bonchev–Trinajstić information content (AvgIpc) is 3.29. The van der Waals surface area contributed by atoms with Gasteiger partial charge in [0.15, 0.2) is 5.96 Å². The molecule has 1 heterocycles. The van der Waals surface area contributed by atoms with E-state index in [-0.39, 0.29) is 24.0 Å². The molecule has 2 unspecified atom stereocenters. The Labute approximate surface area is 167 Å². The van der Waals surface area contributed by atoms with Crippen molar-refractivity contribution in [3.05, 3.63) is 29.8 Å². The second-order valence-corrected chi connectivity index (χ2v) is 7.65. The van der Waals surface area contributed by atoms with Crippen LogP contribution in [-0.4, -0.2) is 43.1 Å². The van der Waals surface area contributed by atoms with Crippen LogP contribution in [0.15, 0.2) is 29.3 Å². The Morgan fingerprint density at radius 2 is 1.92 bits per heavy atom. The first kappa shape index (κ1) is 19.7. The Hall–Kier alpha value is -0.630. The first-order chi connectivity index (χ1) is 11.3. The van der Waals surface area contributed by atoms with Crippen LogP contribution in [0, 0.1) is 5.92 Å². The molecule has 2 fully saturated rings. The van der Waals surface area contributed by atoms with Crippen molar-refractivity contribution in [1.82, 2.24) is 10.6 Å². The quantitative estimate of drug-likeness (QED) is 0.402. The first-order valence-electron chi connectivity index (χ1n) is 8.72. The SMILES string of the molecule is CCNC(=NCc1ccc(N2CCSCC2)cc1)NC1CC1C.I. The van der Waals surface area contributed by atoms with Gasteiger partial charge >= 0.3 is 0 Å². The molecule has 2 atom stereocenters. The summed E-state index contributed by atoms with van der Waals surface area (Å²) in [4.78, 5) is 7.19. The summed E-state index contributed by atoms with van der Waals surface area (Å²) >= 11 is 2.05. The van der Waals surface area contributed by atoms with E-state index in [4.69, 9.17) is 4.99 Å². The summed E-state index contributed by atoms with van der Waals surface area (Å²) in [5.74, 6) is 4.20. The van der Waals surface area contributed by atoms with E-state index in [1.807, 2.05) is 11.8 Å². The van der Waals surface area contributed by atoms with E-state index in [9.17, 15) is 0 Å². The number of hydrogen-bond donors (Lipinski definition) is 2. The largest absolute Gasteiger partial charge is 0.370 e. The van der Waals surface area contributed by atoms with Gasteiger partial charge in [0.2, 0.25) is 0 Å². The Bertz CT molecular complexity index is 528. The summed E-state index contributed by atoms with van der Waals surface area (Å²) in [5, 5.41) is 6.84. The number of aliphatic imine (C=N–C) groups is 1. The predicted molar refractivity (Wildman–Crippen MR) is 117 cm³/mol. The first-order valence-corrected chi connectivity index (χ1v) is 9.88.